The van der Waals surface area contributed by atoms with E-state index in [1.165, 1.54) is 0 Å². The van der Waals surface area contributed by atoms with E-state index < -0.39 is 14.0 Å². The summed E-state index contributed by atoms with van der Waals surface area (Å²) in [7, 11) is 4.08. The molecule has 6 aliphatic heterocycles. The Labute approximate surface area is 377 Å². The highest BCUT2D eigenvalue weighted by molar-refractivity contribution is 9.10. The summed E-state index contributed by atoms with van der Waals surface area (Å²) < 4.78 is 37.0. The number of benzene rings is 3. The first-order valence-electron chi connectivity index (χ1n) is 21.1. The van der Waals surface area contributed by atoms with Crippen LogP contribution in [0.4, 0.5) is 22.7 Å². The van der Waals surface area contributed by atoms with E-state index >= 15 is 0 Å². The van der Waals surface area contributed by atoms with Gasteiger partial charge in [-0.05, 0) is 148 Å². The molecule has 0 aromatic heterocycles. The van der Waals surface area contributed by atoms with Crippen molar-refractivity contribution in [3.8, 4) is 0 Å². The Morgan fingerprint density at radius 3 is 1.21 bits per heavy atom. The molecule has 0 bridgehead atoms. The van der Waals surface area contributed by atoms with E-state index in [1.807, 2.05) is 152 Å². The van der Waals surface area contributed by atoms with Crippen LogP contribution in [-0.2, 0) is 61.6 Å². The van der Waals surface area contributed by atoms with Gasteiger partial charge in [0.15, 0.2) is 0 Å². The maximum absolute atomic E-state index is 11.7. The van der Waals surface area contributed by atoms with Gasteiger partial charge in [0.2, 0.25) is 17.7 Å². The number of halogens is 1. The number of nitrogens with zero attached hydrogens (tertiary/aromatic N) is 3. The lowest BCUT2D eigenvalue weighted by Crippen LogP contribution is -2.41. The molecule has 0 spiro atoms. The minimum Gasteiger partial charge on any atom is -0.405 e. The second kappa shape index (κ2) is 16.7. The molecule has 0 atom stereocenters. The fraction of sp³-hybridized carbons (Fsp3) is 0.533. The second-order valence-electron chi connectivity index (χ2n) is 19.8. The first-order chi connectivity index (χ1) is 28.5. The van der Waals surface area contributed by atoms with Crippen LogP contribution in [0, 0.1) is 0 Å². The molecule has 13 nitrogen and oxygen atoms in total. The minimum absolute atomic E-state index is 0.131. The van der Waals surface area contributed by atoms with Crippen LogP contribution in [0.2, 0.25) is 0 Å². The highest BCUT2D eigenvalue weighted by atomic mass is 79.9. The third kappa shape index (κ3) is 9.27. The van der Waals surface area contributed by atoms with Crippen molar-refractivity contribution in [3.05, 3.63) is 75.8 Å². The Balaban J connectivity index is 0.000000141. The number of hydrogen-bond donors (Lipinski definition) is 1. The Morgan fingerprint density at radius 2 is 0.806 bits per heavy atom. The number of likely N-dealkylation sites (N-methyl/N-ethyl adjacent to an activating group) is 3. The normalized spacial score (nSPS) is 22.7. The fourth-order valence-electron chi connectivity index (χ4n) is 7.54. The Hall–Kier alpha value is -3.70. The molecule has 9 rings (SSSR count). The molecule has 0 aliphatic carbocycles. The predicted molar refractivity (Wildman–Crippen MR) is 251 cm³/mol. The van der Waals surface area contributed by atoms with Crippen molar-refractivity contribution in [2.75, 3.05) is 41.6 Å². The van der Waals surface area contributed by atoms with Crippen LogP contribution in [0.5, 0.6) is 0 Å². The first kappa shape index (κ1) is 47.8. The number of amides is 3. The number of fused-ring (bicyclic) bond motifs is 3. The zero-order valence-corrected chi connectivity index (χ0v) is 40.6. The topological polar surface area (TPSA) is 142 Å². The van der Waals surface area contributed by atoms with Gasteiger partial charge >= 0.3 is 21.1 Å². The van der Waals surface area contributed by atoms with Gasteiger partial charge in [0.25, 0.3) is 0 Å². The lowest BCUT2D eigenvalue weighted by atomic mass is 9.49. The largest absolute Gasteiger partial charge is 0.494 e. The molecule has 62 heavy (non-hydrogen) atoms. The van der Waals surface area contributed by atoms with E-state index in [1.54, 1.807) is 21.7 Å². The van der Waals surface area contributed by atoms with Crippen LogP contribution >= 0.6 is 15.9 Å². The number of nitrogen functional groups attached to an aromatic ring is 1. The van der Waals surface area contributed by atoms with E-state index in [-0.39, 0.29) is 58.4 Å². The summed E-state index contributed by atoms with van der Waals surface area (Å²) in [5.41, 5.74) is 11.3. The van der Waals surface area contributed by atoms with Crippen LogP contribution in [0.3, 0.4) is 0 Å². The lowest BCUT2D eigenvalue weighted by molar-refractivity contribution is -0.117. The van der Waals surface area contributed by atoms with E-state index in [0.717, 1.165) is 49.4 Å². The van der Waals surface area contributed by atoms with E-state index in [4.69, 9.17) is 33.7 Å². The first-order valence-corrected chi connectivity index (χ1v) is 21.9. The number of hydrogen-bond acceptors (Lipinski definition) is 10. The molecule has 332 valence electrons. The Bertz CT molecular complexity index is 2100. The number of carbonyl (C=O) groups is 3. The second-order valence-corrected chi connectivity index (χ2v) is 20.7. The molecule has 2 N–H and O–H groups in total. The van der Waals surface area contributed by atoms with Gasteiger partial charge in [-0.2, -0.15) is 0 Å². The quantitative estimate of drug-likeness (QED) is 0.224. The molecule has 6 heterocycles. The fourth-order valence-corrected chi connectivity index (χ4v) is 7.95. The lowest BCUT2D eigenvalue weighted by Gasteiger charge is -2.32. The highest BCUT2D eigenvalue weighted by Crippen LogP contribution is 2.43. The zero-order chi connectivity index (χ0) is 46.1. The van der Waals surface area contributed by atoms with Gasteiger partial charge in [-0.1, -0.05) is 28.1 Å². The van der Waals surface area contributed by atoms with Crippen LogP contribution in [-0.4, -0.2) is 93.6 Å². The number of carbonyl (C=O) groups excluding carboxylic acids is 3. The summed E-state index contributed by atoms with van der Waals surface area (Å²) in [6.45, 7) is 24.4. The monoisotopic (exact) mass is 914 g/mol. The third-order valence-electron chi connectivity index (χ3n) is 13.8. The summed E-state index contributed by atoms with van der Waals surface area (Å²) in [5, 5.41) is 0. The van der Waals surface area contributed by atoms with Crippen LogP contribution in [0.25, 0.3) is 0 Å². The van der Waals surface area contributed by atoms with Gasteiger partial charge in [-0.3, -0.25) is 14.4 Å². The summed E-state index contributed by atoms with van der Waals surface area (Å²) in [6.07, 6.45) is 1.47. The maximum Gasteiger partial charge on any atom is 0.494 e. The van der Waals surface area contributed by atoms with E-state index in [0.29, 0.717) is 19.3 Å². The maximum atomic E-state index is 11.7. The van der Waals surface area contributed by atoms with Crippen molar-refractivity contribution in [2.24, 2.45) is 0 Å². The van der Waals surface area contributed by atoms with Crippen molar-refractivity contribution in [1.82, 2.24) is 0 Å². The minimum atomic E-state index is -0.476. The Kier molecular flexibility index (Phi) is 12.9. The van der Waals surface area contributed by atoms with Crippen LogP contribution < -0.4 is 25.9 Å². The van der Waals surface area contributed by atoms with Crippen molar-refractivity contribution in [1.29, 1.82) is 0 Å². The van der Waals surface area contributed by atoms with Crippen molar-refractivity contribution in [3.63, 3.8) is 0 Å². The molecule has 0 radical (unpaired) electrons. The Morgan fingerprint density at radius 1 is 0.484 bits per heavy atom. The van der Waals surface area contributed by atoms with Crippen LogP contribution in [0.15, 0.2) is 59.1 Å². The van der Waals surface area contributed by atoms with Gasteiger partial charge in [0.05, 0.1) is 52.9 Å². The summed E-state index contributed by atoms with van der Waals surface area (Å²) in [6, 6.07) is 17.4. The van der Waals surface area contributed by atoms with Crippen LogP contribution in [0.1, 0.15) is 99.8 Å². The van der Waals surface area contributed by atoms with Gasteiger partial charge < -0.3 is 48.4 Å². The van der Waals surface area contributed by atoms with E-state index in [9.17, 15) is 14.4 Å². The van der Waals surface area contributed by atoms with Crippen molar-refractivity contribution in [2.45, 2.75) is 136 Å². The van der Waals surface area contributed by atoms with Gasteiger partial charge in [-0.15, -0.1) is 0 Å². The summed E-state index contributed by atoms with van der Waals surface area (Å²) in [4.78, 5) is 39.3. The average Bonchev–Trinajstić information content (AvgIpc) is 3.89. The summed E-state index contributed by atoms with van der Waals surface area (Å²) in [5.74, 6) is 0.435. The molecule has 3 aromatic rings. The molecular weight excluding hydrogens is 853 g/mol. The number of anilines is 4. The third-order valence-corrected chi connectivity index (χ3v) is 14.3. The van der Waals surface area contributed by atoms with Gasteiger partial charge in [-0.25, -0.2) is 0 Å². The molecule has 0 saturated carbocycles. The molecule has 3 aromatic carbocycles. The molecule has 17 heteroatoms. The predicted octanol–water partition coefficient (Wildman–Crippen LogP) is 6.51. The molecular formula is C45H62B3BrN4O9. The summed E-state index contributed by atoms with van der Waals surface area (Å²) >= 11 is 3.37. The molecule has 3 fully saturated rings. The van der Waals surface area contributed by atoms with Gasteiger partial charge in [0, 0.05) is 48.4 Å². The van der Waals surface area contributed by atoms with Gasteiger partial charge in [0.1, 0.15) is 0 Å². The van der Waals surface area contributed by atoms with Crippen molar-refractivity contribution < 1.29 is 42.3 Å². The zero-order valence-electron chi connectivity index (χ0n) is 39.0. The smallest absolute Gasteiger partial charge is 0.405 e. The number of rotatable bonds is 2. The molecule has 0 unspecified atom stereocenters. The van der Waals surface area contributed by atoms with Crippen molar-refractivity contribution >= 4 is 83.0 Å². The number of nitrogens with two attached hydrogens (primary N) is 1. The standard InChI is InChI=1S/C15H20BNO3.C12H24B2O4.C9H8BrNO.C9H10N2O/c1-14(2)15(3,4)20-16(19-14)11-6-7-12-10(8-11)9-13(18)17(12)5;1-9(2)10(3,4)16-13(15-9)14-17-11(5,6)12(7,8)18-14;2*1-11-8-3-2-7(10)4-6(8)5-9(11)12/h6-8H,9H2,1-5H3;1-8H3;2-4H,5H2,1H3;2-4H,5,10H2,1H3. The SMILES string of the molecule is CC1(C)OB(B2OC(C)(C)C(C)(C)O2)OC1(C)C.CN1C(=O)Cc2cc(B3OC(C)(C)C(C)(C)O3)ccc21.CN1C(=O)Cc2cc(Br)ccc21.CN1C(=O)Cc2cc(N)ccc21. The molecule has 6 aliphatic rings. The molecule has 3 amide bonds. The molecule has 3 saturated heterocycles. The average molecular weight is 915 g/mol. The highest BCUT2D eigenvalue weighted by Gasteiger charge is 2.63. The van der Waals surface area contributed by atoms with E-state index in [2.05, 4.69) is 15.9 Å².